The summed E-state index contributed by atoms with van der Waals surface area (Å²) in [6, 6.07) is 6.29. The van der Waals surface area contributed by atoms with E-state index in [0.29, 0.717) is 24.6 Å². The first kappa shape index (κ1) is 13.8. The number of carbonyl (C=O) groups is 1. The van der Waals surface area contributed by atoms with E-state index in [1.807, 2.05) is 18.2 Å². The molecule has 7 heteroatoms. The predicted octanol–water partition coefficient (Wildman–Crippen LogP) is 2.96. The zero-order valence-electron chi connectivity index (χ0n) is 12.1. The topological polar surface area (TPSA) is 65.3 Å². The van der Waals surface area contributed by atoms with E-state index >= 15 is 0 Å². The van der Waals surface area contributed by atoms with Gasteiger partial charge in [-0.3, -0.25) is 14.8 Å². The Morgan fingerprint density at radius 1 is 1.30 bits per heavy atom. The van der Waals surface area contributed by atoms with Gasteiger partial charge >= 0.3 is 6.03 Å². The highest BCUT2D eigenvalue weighted by Gasteiger charge is 2.41. The summed E-state index contributed by atoms with van der Waals surface area (Å²) in [6.07, 6.45) is 2.85. The van der Waals surface area contributed by atoms with Crippen LogP contribution in [0.15, 0.2) is 58.1 Å². The second-order valence-electron chi connectivity index (χ2n) is 5.53. The molecule has 2 amide bonds. The summed E-state index contributed by atoms with van der Waals surface area (Å²) in [5, 5.41) is 2.76. The largest absolute Gasteiger partial charge is 0.330 e. The number of rotatable bonds is 2. The summed E-state index contributed by atoms with van der Waals surface area (Å²) in [5.41, 5.74) is 1.51. The van der Waals surface area contributed by atoms with Crippen molar-refractivity contribution in [2.45, 2.75) is 12.5 Å². The van der Waals surface area contributed by atoms with Crippen LogP contribution in [0.25, 0.3) is 0 Å². The highest BCUT2D eigenvalue weighted by molar-refractivity contribution is 6.20. The first-order valence-corrected chi connectivity index (χ1v) is 7.36. The van der Waals surface area contributed by atoms with Gasteiger partial charge in [-0.15, -0.1) is 4.91 Å². The van der Waals surface area contributed by atoms with E-state index in [4.69, 9.17) is 0 Å². The molecular weight excluding hydrogens is 299 g/mol. The lowest BCUT2D eigenvalue weighted by Crippen LogP contribution is -2.54. The number of halogens is 1. The number of para-hydroxylation sites is 1. The number of benzene rings is 1. The summed E-state index contributed by atoms with van der Waals surface area (Å²) >= 11 is 0. The average Bonchev–Trinajstić information content (AvgIpc) is 3.06. The molecular formula is C16H13FN4O2. The van der Waals surface area contributed by atoms with Crippen molar-refractivity contribution in [3.63, 3.8) is 0 Å². The third kappa shape index (κ3) is 2.00. The van der Waals surface area contributed by atoms with Gasteiger partial charge in [-0.25, -0.2) is 9.18 Å². The summed E-state index contributed by atoms with van der Waals surface area (Å²) < 4.78 is 14.5. The Morgan fingerprint density at radius 2 is 2.13 bits per heavy atom. The van der Waals surface area contributed by atoms with Crippen LogP contribution in [-0.4, -0.2) is 35.9 Å². The molecule has 116 valence electrons. The lowest BCUT2D eigenvalue weighted by atomic mass is 10.00. The van der Waals surface area contributed by atoms with Gasteiger partial charge in [0.05, 0.1) is 18.3 Å². The first-order valence-electron chi connectivity index (χ1n) is 7.36. The molecule has 0 aromatic heterocycles. The molecule has 1 unspecified atom stereocenters. The monoisotopic (exact) mass is 312 g/mol. The first-order chi connectivity index (χ1) is 11.2. The van der Waals surface area contributed by atoms with E-state index in [1.165, 1.54) is 4.90 Å². The van der Waals surface area contributed by atoms with Gasteiger partial charge in [-0.05, 0) is 23.7 Å². The van der Waals surface area contributed by atoms with Gasteiger partial charge in [-0.1, -0.05) is 18.2 Å². The molecule has 0 spiro atoms. The Bertz CT molecular complexity index is 799. The Kier molecular flexibility index (Phi) is 3.07. The van der Waals surface area contributed by atoms with E-state index < -0.39 is 11.9 Å². The number of anilines is 1. The fourth-order valence-electron chi connectivity index (χ4n) is 3.20. The number of allylic oxidation sites excluding steroid dienone is 1. The summed E-state index contributed by atoms with van der Waals surface area (Å²) in [5.74, 6) is 0.109. The van der Waals surface area contributed by atoms with E-state index in [-0.39, 0.29) is 18.1 Å². The van der Waals surface area contributed by atoms with E-state index in [2.05, 4.69) is 10.2 Å². The number of aliphatic imine (C=N–C) groups is 1. The summed E-state index contributed by atoms with van der Waals surface area (Å²) in [4.78, 5) is 30.8. The molecule has 0 fully saturated rings. The van der Waals surface area contributed by atoms with E-state index in [0.717, 1.165) is 11.6 Å². The molecule has 2 heterocycles. The molecule has 6 nitrogen and oxygen atoms in total. The van der Waals surface area contributed by atoms with Crippen LogP contribution in [0.1, 0.15) is 12.0 Å². The highest BCUT2D eigenvalue weighted by atomic mass is 19.1. The minimum Gasteiger partial charge on any atom is -0.283 e. The van der Waals surface area contributed by atoms with Crippen molar-refractivity contribution in [1.29, 1.82) is 0 Å². The number of nitrogens with zero attached hydrogens (tertiary/aromatic N) is 4. The van der Waals surface area contributed by atoms with Crippen LogP contribution >= 0.6 is 0 Å². The normalized spacial score (nSPS) is 22.9. The molecule has 23 heavy (non-hydrogen) atoms. The van der Waals surface area contributed by atoms with Crippen LogP contribution in [-0.2, 0) is 0 Å². The summed E-state index contributed by atoms with van der Waals surface area (Å²) in [6.45, 7) is 1.04. The molecule has 0 saturated heterocycles. The molecule has 1 atom stereocenters. The molecule has 2 aliphatic heterocycles. The quantitative estimate of drug-likeness (QED) is 0.788. The van der Waals surface area contributed by atoms with Crippen LogP contribution in [0.3, 0.4) is 0 Å². The maximum atomic E-state index is 14.5. The number of amidine groups is 1. The molecule has 0 saturated carbocycles. The lowest BCUT2D eigenvalue weighted by Gasteiger charge is -2.39. The second-order valence-corrected chi connectivity index (χ2v) is 5.53. The SMILES string of the molecule is O=NC1=CCC(N2C(=O)N3CCN=C3c3ccccc32)C(F)=C1. The van der Waals surface area contributed by atoms with Crippen LogP contribution < -0.4 is 4.90 Å². The second kappa shape index (κ2) is 5.12. The van der Waals surface area contributed by atoms with Crippen molar-refractivity contribution in [2.24, 2.45) is 10.2 Å². The Balaban J connectivity index is 1.81. The number of fused-ring (bicyclic) bond motifs is 3. The van der Waals surface area contributed by atoms with Gasteiger partial charge in [0.15, 0.2) is 0 Å². The number of hydrogen-bond acceptors (Lipinski definition) is 4. The molecule has 0 bridgehead atoms. The standard InChI is InChI=1S/C16H13FN4O2/c17-12-9-10(19-23)5-6-14(12)21-13-4-2-1-3-11(13)15-18-7-8-20(15)16(21)22/h1-5,9,14H,6-8H2. The van der Waals surface area contributed by atoms with Gasteiger partial charge in [0.2, 0.25) is 0 Å². The molecule has 0 radical (unpaired) electrons. The third-order valence-corrected chi connectivity index (χ3v) is 4.25. The Hall–Kier alpha value is -2.83. The number of urea groups is 1. The highest BCUT2D eigenvalue weighted by Crippen LogP contribution is 2.36. The third-order valence-electron chi connectivity index (χ3n) is 4.25. The van der Waals surface area contributed by atoms with Gasteiger partial charge in [0, 0.05) is 18.2 Å². The van der Waals surface area contributed by atoms with Crippen molar-refractivity contribution in [3.05, 3.63) is 58.4 Å². The van der Waals surface area contributed by atoms with Crippen molar-refractivity contribution < 1.29 is 9.18 Å². The minimum atomic E-state index is -0.767. The molecule has 1 aliphatic carbocycles. The molecule has 1 aromatic rings. The maximum absolute atomic E-state index is 14.5. The molecule has 3 aliphatic rings. The van der Waals surface area contributed by atoms with Crippen LogP contribution in [0.4, 0.5) is 14.9 Å². The fourth-order valence-corrected chi connectivity index (χ4v) is 3.20. The fraction of sp³-hybridized carbons (Fsp3) is 0.250. The number of amides is 2. The number of nitroso groups, excluding NO2 is 1. The molecule has 0 N–H and O–H groups in total. The van der Waals surface area contributed by atoms with Crippen LogP contribution in [0.2, 0.25) is 0 Å². The zero-order valence-corrected chi connectivity index (χ0v) is 12.1. The van der Waals surface area contributed by atoms with E-state index in [1.54, 1.807) is 17.0 Å². The van der Waals surface area contributed by atoms with Crippen LogP contribution in [0, 0.1) is 4.91 Å². The van der Waals surface area contributed by atoms with Crippen molar-refractivity contribution in [3.8, 4) is 0 Å². The van der Waals surface area contributed by atoms with Gasteiger partial charge < -0.3 is 0 Å². The predicted molar refractivity (Wildman–Crippen MR) is 83.9 cm³/mol. The zero-order chi connectivity index (χ0) is 16.0. The smallest absolute Gasteiger partial charge is 0.283 e. The minimum absolute atomic E-state index is 0.0555. The molecule has 4 rings (SSSR count). The van der Waals surface area contributed by atoms with Crippen molar-refractivity contribution >= 4 is 17.6 Å². The summed E-state index contributed by atoms with van der Waals surface area (Å²) in [7, 11) is 0. The molecule has 1 aromatic carbocycles. The van der Waals surface area contributed by atoms with Gasteiger partial charge in [-0.2, -0.15) is 0 Å². The van der Waals surface area contributed by atoms with E-state index in [9.17, 15) is 14.1 Å². The van der Waals surface area contributed by atoms with Gasteiger partial charge in [0.25, 0.3) is 0 Å². The van der Waals surface area contributed by atoms with Crippen molar-refractivity contribution in [2.75, 3.05) is 18.0 Å². The van der Waals surface area contributed by atoms with Gasteiger partial charge in [0.1, 0.15) is 17.4 Å². The lowest BCUT2D eigenvalue weighted by molar-refractivity contribution is 0.226. The van der Waals surface area contributed by atoms with Crippen molar-refractivity contribution in [1.82, 2.24) is 4.90 Å². The van der Waals surface area contributed by atoms with Crippen LogP contribution in [0.5, 0.6) is 0 Å². The number of carbonyl (C=O) groups excluding carboxylic acids is 1. The Labute approximate surface area is 131 Å². The number of hydrogen-bond donors (Lipinski definition) is 0. The average molecular weight is 312 g/mol. The maximum Gasteiger partial charge on any atom is 0.330 e. The Morgan fingerprint density at radius 3 is 2.91 bits per heavy atom.